The summed E-state index contributed by atoms with van der Waals surface area (Å²) in [5.41, 5.74) is 14.1. The number of nitrogens with zero attached hydrogens (tertiary/aromatic N) is 2. The van der Waals surface area contributed by atoms with Gasteiger partial charge in [-0.05, 0) is 73.9 Å². The Hall–Kier alpha value is -3.85. The first-order valence-electron chi connectivity index (χ1n) is 15.6. The summed E-state index contributed by atoms with van der Waals surface area (Å²) in [4.78, 5) is 2.38. The van der Waals surface area contributed by atoms with E-state index in [1.54, 1.807) is 5.57 Å². The minimum absolute atomic E-state index is 0.0223. The number of likely N-dealkylation sites (N-methyl/N-ethyl adjacent to an activating group) is 1. The molecule has 3 aromatic rings. The Morgan fingerprint density at radius 1 is 0.786 bits per heavy atom. The SMILES string of the molecule is CN1C(=CC=C2CCCC(CCC3=[N+](C)c4ccccc4C3(C)C)=C2NCc2ccccc2)C(C)(C)c2ccccc21. The third-order valence-corrected chi connectivity index (χ3v) is 10.0. The molecule has 2 aliphatic heterocycles. The monoisotopic (exact) mass is 556 g/mol. The molecule has 216 valence electrons. The lowest BCUT2D eigenvalue weighted by molar-refractivity contribution is -0.404. The number of para-hydroxylation sites is 2. The zero-order chi connectivity index (χ0) is 29.5. The quantitative estimate of drug-likeness (QED) is 0.293. The van der Waals surface area contributed by atoms with Gasteiger partial charge in [-0.25, -0.2) is 4.58 Å². The molecule has 0 unspecified atom stereocenters. The van der Waals surface area contributed by atoms with Crippen molar-refractivity contribution in [3.63, 3.8) is 0 Å². The Kier molecular flexibility index (Phi) is 7.47. The molecule has 3 nitrogen and oxygen atoms in total. The summed E-state index contributed by atoms with van der Waals surface area (Å²) in [6, 6.07) is 28.6. The van der Waals surface area contributed by atoms with E-state index in [2.05, 4.69) is 148 Å². The summed E-state index contributed by atoms with van der Waals surface area (Å²) in [7, 11) is 4.46. The number of hydrogen-bond donors (Lipinski definition) is 1. The van der Waals surface area contributed by atoms with E-state index in [1.807, 2.05) is 0 Å². The van der Waals surface area contributed by atoms with E-state index in [1.165, 1.54) is 57.2 Å². The van der Waals surface area contributed by atoms with Gasteiger partial charge in [-0.2, -0.15) is 0 Å². The highest BCUT2D eigenvalue weighted by molar-refractivity contribution is 5.95. The number of anilines is 1. The summed E-state index contributed by atoms with van der Waals surface area (Å²) in [5.74, 6) is 0. The van der Waals surface area contributed by atoms with Crippen LogP contribution in [0.2, 0.25) is 0 Å². The molecule has 6 rings (SSSR count). The van der Waals surface area contributed by atoms with E-state index in [0.29, 0.717) is 0 Å². The first kappa shape index (κ1) is 28.3. The van der Waals surface area contributed by atoms with Gasteiger partial charge < -0.3 is 10.2 Å². The molecule has 0 fully saturated rings. The molecular formula is C39H46N3+. The van der Waals surface area contributed by atoms with Crippen LogP contribution in [-0.4, -0.2) is 24.4 Å². The maximum absolute atomic E-state index is 3.93. The summed E-state index contributed by atoms with van der Waals surface area (Å²) >= 11 is 0. The van der Waals surface area contributed by atoms with Gasteiger partial charge in [0.05, 0.1) is 5.41 Å². The van der Waals surface area contributed by atoms with Gasteiger partial charge in [0, 0.05) is 54.1 Å². The fourth-order valence-corrected chi connectivity index (χ4v) is 7.66. The molecule has 1 aliphatic carbocycles. The number of rotatable bonds is 7. The van der Waals surface area contributed by atoms with Crippen LogP contribution in [0, 0.1) is 0 Å². The average molecular weight is 557 g/mol. The van der Waals surface area contributed by atoms with Gasteiger partial charge >= 0.3 is 0 Å². The lowest BCUT2D eigenvalue weighted by atomic mass is 9.78. The highest BCUT2D eigenvalue weighted by atomic mass is 15.2. The maximum Gasteiger partial charge on any atom is 0.209 e. The van der Waals surface area contributed by atoms with Gasteiger partial charge in [0.1, 0.15) is 7.05 Å². The first-order chi connectivity index (χ1) is 20.2. The molecule has 3 heteroatoms. The van der Waals surface area contributed by atoms with Crippen LogP contribution < -0.4 is 10.2 Å². The normalized spacial score (nSPS) is 20.9. The molecule has 0 bridgehead atoms. The van der Waals surface area contributed by atoms with Crippen molar-refractivity contribution in [3.05, 3.63) is 130 Å². The maximum atomic E-state index is 3.93. The molecule has 3 aromatic carbocycles. The van der Waals surface area contributed by atoms with E-state index in [9.17, 15) is 0 Å². The van der Waals surface area contributed by atoms with Gasteiger partial charge in [0.25, 0.3) is 0 Å². The molecular weight excluding hydrogens is 510 g/mol. The van der Waals surface area contributed by atoms with E-state index >= 15 is 0 Å². The topological polar surface area (TPSA) is 18.3 Å². The van der Waals surface area contributed by atoms with Crippen molar-refractivity contribution in [2.45, 2.75) is 77.2 Å². The third-order valence-electron chi connectivity index (χ3n) is 10.0. The van der Waals surface area contributed by atoms with Crippen LogP contribution in [-0.2, 0) is 17.4 Å². The van der Waals surface area contributed by atoms with Crippen molar-refractivity contribution in [2.75, 3.05) is 19.0 Å². The Balaban J connectivity index is 1.33. The van der Waals surface area contributed by atoms with E-state index < -0.39 is 0 Å². The Labute approximate surface area is 253 Å². The predicted molar refractivity (Wildman–Crippen MR) is 178 cm³/mol. The van der Waals surface area contributed by atoms with Crippen LogP contribution in [0.3, 0.4) is 0 Å². The average Bonchev–Trinajstić information content (AvgIpc) is 3.32. The standard InChI is InChI=1S/C39H46N3/c1-38(2)31-19-10-12-21-33(31)41(5)35(38)25-23-29-17-14-18-30(37(29)40-27-28-15-8-7-9-16-28)24-26-36-39(3,4)32-20-11-13-22-34(32)42(36)6/h7-13,15-16,19-23,25,40H,14,17-18,24,26-27H2,1-6H3/q+1. The van der Waals surface area contributed by atoms with Gasteiger partial charge in [0.15, 0.2) is 5.71 Å². The van der Waals surface area contributed by atoms with Crippen molar-refractivity contribution >= 4 is 17.1 Å². The van der Waals surface area contributed by atoms with Crippen LogP contribution >= 0.6 is 0 Å². The molecule has 0 atom stereocenters. The van der Waals surface area contributed by atoms with Crippen molar-refractivity contribution < 1.29 is 4.58 Å². The largest absolute Gasteiger partial charge is 0.381 e. The second-order valence-electron chi connectivity index (χ2n) is 13.3. The highest BCUT2D eigenvalue weighted by Gasteiger charge is 2.43. The van der Waals surface area contributed by atoms with Crippen LogP contribution in [0.4, 0.5) is 11.4 Å². The molecule has 0 aromatic heterocycles. The molecule has 0 spiro atoms. The molecule has 0 saturated carbocycles. The predicted octanol–water partition coefficient (Wildman–Crippen LogP) is 8.94. The van der Waals surface area contributed by atoms with Gasteiger partial charge in [-0.3, -0.25) is 0 Å². The van der Waals surface area contributed by atoms with Gasteiger partial charge in [-0.1, -0.05) is 86.7 Å². The van der Waals surface area contributed by atoms with Crippen LogP contribution in [0.1, 0.15) is 76.5 Å². The first-order valence-corrected chi connectivity index (χ1v) is 15.6. The van der Waals surface area contributed by atoms with Crippen LogP contribution in [0.25, 0.3) is 0 Å². The van der Waals surface area contributed by atoms with Crippen molar-refractivity contribution in [1.29, 1.82) is 0 Å². The van der Waals surface area contributed by atoms with Crippen molar-refractivity contribution in [1.82, 2.24) is 5.32 Å². The smallest absolute Gasteiger partial charge is 0.209 e. The van der Waals surface area contributed by atoms with Crippen LogP contribution in [0.5, 0.6) is 0 Å². The highest BCUT2D eigenvalue weighted by Crippen LogP contribution is 2.47. The second-order valence-corrected chi connectivity index (χ2v) is 13.3. The molecule has 0 radical (unpaired) electrons. The molecule has 0 amide bonds. The number of hydrogen-bond acceptors (Lipinski definition) is 2. The Morgan fingerprint density at radius 3 is 2.21 bits per heavy atom. The molecule has 3 aliphatic rings. The van der Waals surface area contributed by atoms with E-state index in [4.69, 9.17) is 0 Å². The lowest BCUT2D eigenvalue weighted by Crippen LogP contribution is -2.29. The molecule has 42 heavy (non-hydrogen) atoms. The fraction of sp³-hybridized carbons (Fsp3) is 0.359. The van der Waals surface area contributed by atoms with Crippen molar-refractivity contribution in [3.8, 4) is 0 Å². The fourth-order valence-electron chi connectivity index (χ4n) is 7.66. The molecule has 0 saturated heterocycles. The lowest BCUT2D eigenvalue weighted by Gasteiger charge is -2.27. The van der Waals surface area contributed by atoms with E-state index in [-0.39, 0.29) is 10.8 Å². The van der Waals surface area contributed by atoms with Crippen molar-refractivity contribution in [2.24, 2.45) is 0 Å². The minimum Gasteiger partial charge on any atom is -0.381 e. The zero-order valence-corrected chi connectivity index (χ0v) is 26.3. The second kappa shape index (κ2) is 11.1. The molecule has 1 N–H and O–H groups in total. The minimum atomic E-state index is -0.0223. The zero-order valence-electron chi connectivity index (χ0n) is 26.3. The Morgan fingerprint density at radius 2 is 1.48 bits per heavy atom. The van der Waals surface area contributed by atoms with Crippen LogP contribution in [0.15, 0.2) is 114 Å². The summed E-state index contributed by atoms with van der Waals surface area (Å²) in [6.07, 6.45) is 10.4. The summed E-state index contributed by atoms with van der Waals surface area (Å²) < 4.78 is 2.45. The summed E-state index contributed by atoms with van der Waals surface area (Å²) in [6.45, 7) is 10.3. The Bertz CT molecular complexity index is 1610. The summed E-state index contributed by atoms with van der Waals surface area (Å²) in [5, 5.41) is 3.93. The third kappa shape index (κ3) is 4.93. The molecule has 2 heterocycles. The number of fused-ring (bicyclic) bond motifs is 2. The number of benzene rings is 3. The van der Waals surface area contributed by atoms with Gasteiger partial charge in [0.2, 0.25) is 5.69 Å². The van der Waals surface area contributed by atoms with Gasteiger partial charge in [-0.15, -0.1) is 0 Å². The number of nitrogens with one attached hydrogen (secondary N) is 1. The number of allylic oxidation sites excluding steroid dienone is 5. The van der Waals surface area contributed by atoms with E-state index in [0.717, 1.165) is 32.2 Å².